The van der Waals surface area contributed by atoms with Crippen LogP contribution in [0.5, 0.6) is 0 Å². The molecule has 0 rings (SSSR count). The molecule has 0 heterocycles. The fraction of sp³-hybridized carbons (Fsp3) is 0.800. The van der Waals surface area contributed by atoms with Crippen molar-refractivity contribution < 1.29 is 4.11 Å². The lowest BCUT2D eigenvalue weighted by Crippen LogP contribution is -1.81. The molecule has 0 bridgehead atoms. The summed E-state index contributed by atoms with van der Waals surface area (Å²) in [6.45, 7) is -0.346. The minimum Gasteiger partial charge on any atom is -0.198 e. The quantitative estimate of drug-likeness (QED) is 0.475. The van der Waals surface area contributed by atoms with E-state index in [9.17, 15) is 0 Å². The summed E-state index contributed by atoms with van der Waals surface area (Å²) in [6.07, 6.45) is -0.0104. The highest BCUT2D eigenvalue weighted by Crippen LogP contribution is 1.94. The molecule has 1 heteroatoms. The molecular formula is C5H9N. The Bertz CT molecular complexity index is 121. The van der Waals surface area contributed by atoms with Gasteiger partial charge in [-0.25, -0.2) is 0 Å². The summed E-state index contributed by atoms with van der Waals surface area (Å²) in [5.74, 6) is -0.363. The van der Waals surface area contributed by atoms with Crippen LogP contribution in [0.15, 0.2) is 0 Å². The molecule has 0 N–H and O–H groups in total. The van der Waals surface area contributed by atoms with Crippen LogP contribution in [-0.2, 0) is 0 Å². The Morgan fingerprint density at radius 1 is 2.17 bits per heavy atom. The molecule has 0 radical (unpaired) electrons. The molecule has 0 aliphatic heterocycles. The van der Waals surface area contributed by atoms with Crippen molar-refractivity contribution in [2.24, 2.45) is 5.92 Å². The van der Waals surface area contributed by atoms with E-state index in [-0.39, 0.29) is 12.3 Å². The van der Waals surface area contributed by atoms with E-state index in [4.69, 9.17) is 9.37 Å². The predicted molar refractivity (Wildman–Crippen MR) is 25.1 cm³/mol. The van der Waals surface area contributed by atoms with Crippen LogP contribution >= 0.6 is 0 Å². The van der Waals surface area contributed by atoms with Gasteiger partial charge in [-0.05, 0) is 13.3 Å². The second-order valence-electron chi connectivity index (χ2n) is 1.23. The van der Waals surface area contributed by atoms with Crippen LogP contribution in [0, 0.1) is 17.2 Å². The Morgan fingerprint density at radius 3 is 3.00 bits per heavy atom. The molecule has 1 atom stereocenters. The van der Waals surface area contributed by atoms with Crippen LogP contribution < -0.4 is 0 Å². The molecule has 0 aromatic rings. The highest BCUT2D eigenvalue weighted by atomic mass is 14.2. The second-order valence-corrected chi connectivity index (χ2v) is 1.23. The fourth-order valence-electron chi connectivity index (χ4n) is 0.0456. The van der Waals surface area contributed by atoms with Gasteiger partial charge in [-0.15, -0.1) is 0 Å². The van der Waals surface area contributed by atoms with Crippen molar-refractivity contribution in [3.63, 3.8) is 0 Å². The van der Waals surface area contributed by atoms with Crippen LogP contribution in [0.1, 0.15) is 24.3 Å². The van der Waals surface area contributed by atoms with Crippen LogP contribution in [0.2, 0.25) is 0 Å². The maximum Gasteiger partial charge on any atom is 0.0652 e. The number of rotatable bonds is 1. The molecule has 6 heavy (non-hydrogen) atoms. The van der Waals surface area contributed by atoms with Gasteiger partial charge >= 0.3 is 0 Å². The van der Waals surface area contributed by atoms with Crippen LogP contribution in [-0.4, -0.2) is 0 Å². The molecule has 1 nitrogen and oxygen atoms in total. The van der Waals surface area contributed by atoms with E-state index in [0.29, 0.717) is 0 Å². The molecule has 0 saturated carbocycles. The first-order valence-electron chi connectivity index (χ1n) is 3.35. The Labute approximate surface area is 42.8 Å². The van der Waals surface area contributed by atoms with Crippen LogP contribution in [0.4, 0.5) is 0 Å². The zero-order valence-electron chi connectivity index (χ0n) is 6.73. The molecule has 0 saturated heterocycles. The molecule has 34 valence electrons. The third-order valence-corrected chi connectivity index (χ3v) is 0.527. The Hall–Kier alpha value is -0.510. The molecule has 1 unspecified atom stereocenters. The number of nitriles is 1. The van der Waals surface area contributed by atoms with E-state index in [1.165, 1.54) is 0 Å². The van der Waals surface area contributed by atoms with Crippen molar-refractivity contribution in [3.8, 4) is 6.07 Å². The molecule has 0 aromatic heterocycles. The van der Waals surface area contributed by atoms with Gasteiger partial charge < -0.3 is 0 Å². The normalized spacial score (nSPS) is 22.3. The van der Waals surface area contributed by atoms with Crippen molar-refractivity contribution >= 4 is 0 Å². The molecule has 0 aliphatic carbocycles. The first-order chi connectivity index (χ1) is 3.95. The highest BCUT2D eigenvalue weighted by Gasteiger charge is 1.88. The maximum atomic E-state index is 8.20. The number of nitrogens with zero attached hydrogens (tertiary/aromatic N) is 1. The third kappa shape index (κ3) is 1.78. The first-order valence-corrected chi connectivity index (χ1v) is 1.85. The van der Waals surface area contributed by atoms with Gasteiger partial charge in [0.25, 0.3) is 0 Å². The molecule has 0 aliphatic rings. The van der Waals surface area contributed by atoms with Gasteiger partial charge in [-0.1, -0.05) is 6.85 Å². The van der Waals surface area contributed by atoms with Gasteiger partial charge in [0.1, 0.15) is 0 Å². The second kappa shape index (κ2) is 2.71. The van der Waals surface area contributed by atoms with Crippen LogP contribution in [0.25, 0.3) is 0 Å². The third-order valence-electron chi connectivity index (χ3n) is 0.527. The maximum absolute atomic E-state index is 8.20. The van der Waals surface area contributed by atoms with Gasteiger partial charge in [0, 0.05) is 10.0 Å². The topological polar surface area (TPSA) is 23.8 Å². The zero-order chi connectivity index (χ0) is 7.49. The van der Waals surface area contributed by atoms with E-state index in [2.05, 4.69) is 0 Å². The lowest BCUT2D eigenvalue weighted by atomic mass is 10.2. The minimum atomic E-state index is -1.95. The first kappa shape index (κ1) is 1.97. The summed E-state index contributed by atoms with van der Waals surface area (Å²) >= 11 is 0. The summed E-state index contributed by atoms with van der Waals surface area (Å²) < 4.78 is 20.2. The van der Waals surface area contributed by atoms with Crippen molar-refractivity contribution in [3.05, 3.63) is 0 Å². The number of hydrogen-bond acceptors (Lipinski definition) is 1. The molecule has 0 fully saturated rings. The summed E-state index contributed by atoms with van der Waals surface area (Å²) in [6, 6.07) is 1.86. The van der Waals surface area contributed by atoms with E-state index in [1.807, 2.05) is 6.07 Å². The van der Waals surface area contributed by atoms with E-state index in [0.717, 1.165) is 0 Å². The van der Waals surface area contributed by atoms with E-state index >= 15 is 0 Å². The molecule has 0 aromatic carbocycles. The van der Waals surface area contributed by atoms with Crippen molar-refractivity contribution in [2.45, 2.75) is 20.2 Å². The summed E-state index contributed by atoms with van der Waals surface area (Å²) in [4.78, 5) is 0. The van der Waals surface area contributed by atoms with Gasteiger partial charge in [-0.2, -0.15) is 5.26 Å². The van der Waals surface area contributed by atoms with Crippen molar-refractivity contribution in [2.75, 3.05) is 0 Å². The molecular weight excluding hydrogens is 74.1 g/mol. The van der Waals surface area contributed by atoms with Gasteiger partial charge in [0.2, 0.25) is 0 Å². The van der Waals surface area contributed by atoms with Crippen LogP contribution in [0.3, 0.4) is 0 Å². The summed E-state index contributed by atoms with van der Waals surface area (Å²) in [7, 11) is 0. The Morgan fingerprint density at radius 2 is 2.83 bits per heavy atom. The Balaban J connectivity index is 3.63. The molecule has 0 spiro atoms. The lowest BCUT2D eigenvalue weighted by Gasteiger charge is -1.87. The Kier molecular flexibility index (Phi) is 0.892. The molecule has 0 amide bonds. The summed E-state index contributed by atoms with van der Waals surface area (Å²) in [5, 5.41) is 8.20. The largest absolute Gasteiger partial charge is 0.198 e. The smallest absolute Gasteiger partial charge is 0.0652 e. The number of hydrogen-bond donors (Lipinski definition) is 0. The standard InChI is InChI=1S/C5H9N/c1-3-5(2)4-6/h5H,3H2,1-2H3/i1D3. The summed E-state index contributed by atoms with van der Waals surface area (Å²) in [5.41, 5.74) is 0. The van der Waals surface area contributed by atoms with E-state index < -0.39 is 6.85 Å². The van der Waals surface area contributed by atoms with E-state index in [1.54, 1.807) is 6.92 Å². The van der Waals surface area contributed by atoms with Gasteiger partial charge in [0.15, 0.2) is 0 Å². The highest BCUT2D eigenvalue weighted by molar-refractivity contribution is 4.76. The van der Waals surface area contributed by atoms with Crippen molar-refractivity contribution in [1.82, 2.24) is 0 Å². The minimum absolute atomic E-state index is 0.0104. The zero-order valence-corrected chi connectivity index (χ0v) is 3.73. The fourth-order valence-corrected chi connectivity index (χ4v) is 0.0456. The monoisotopic (exact) mass is 86.1 g/mol. The van der Waals surface area contributed by atoms with Crippen molar-refractivity contribution in [1.29, 1.82) is 5.26 Å². The average molecular weight is 86.2 g/mol. The predicted octanol–water partition coefficient (Wildman–Crippen LogP) is 1.56. The lowest BCUT2D eigenvalue weighted by molar-refractivity contribution is 0.713. The average Bonchev–Trinajstić information content (AvgIpc) is 1.62. The SMILES string of the molecule is [2H]C([2H])([2H])CC(C)C#N. The van der Waals surface area contributed by atoms with Gasteiger partial charge in [0.05, 0.1) is 6.07 Å². The van der Waals surface area contributed by atoms with Gasteiger partial charge in [-0.3, -0.25) is 0 Å².